The average molecular weight is 428 g/mol. The minimum atomic E-state index is -0.449. The third kappa shape index (κ3) is 3.49. The van der Waals surface area contributed by atoms with E-state index in [1.807, 2.05) is 36.4 Å². The summed E-state index contributed by atoms with van der Waals surface area (Å²) in [4.78, 5) is 21.8. The summed E-state index contributed by atoms with van der Waals surface area (Å²) in [5.41, 5.74) is 4.06. The van der Waals surface area contributed by atoms with Gasteiger partial charge < -0.3 is 9.47 Å². The van der Waals surface area contributed by atoms with Gasteiger partial charge in [-0.1, -0.05) is 36.8 Å². The molecule has 5 rings (SSSR count). The molecular weight excluding hydrogens is 404 g/mol. The molecule has 0 saturated heterocycles. The number of para-hydroxylation sites is 1. The van der Waals surface area contributed by atoms with E-state index in [1.54, 1.807) is 24.0 Å². The fourth-order valence-electron chi connectivity index (χ4n) is 4.13. The second kappa shape index (κ2) is 8.42. The molecule has 4 aromatic rings. The molecule has 0 aliphatic heterocycles. The molecule has 0 spiro atoms. The highest BCUT2D eigenvalue weighted by Gasteiger charge is 2.27. The van der Waals surface area contributed by atoms with Crippen molar-refractivity contribution in [3.05, 3.63) is 66.0 Å². The normalized spacial score (nSPS) is 13.7. The molecule has 0 radical (unpaired) electrons. The third-order valence-corrected chi connectivity index (χ3v) is 5.95. The van der Waals surface area contributed by atoms with Crippen molar-refractivity contribution >= 4 is 16.9 Å². The predicted molar refractivity (Wildman–Crippen MR) is 121 cm³/mol. The highest BCUT2D eigenvalue weighted by Crippen LogP contribution is 2.43. The maximum absolute atomic E-state index is 12.4. The number of hydrogen-bond donors (Lipinski definition) is 0. The molecule has 1 saturated carbocycles. The Balaban J connectivity index is 1.70. The monoisotopic (exact) mass is 428 g/mol. The Morgan fingerprint density at radius 2 is 1.97 bits per heavy atom. The zero-order valence-electron chi connectivity index (χ0n) is 18.1. The SMILES string of the molecule is CCOC(=O)c1cc2ccc(C3CCC3)c(-c3ncn(-c4ccccc4)n3)c2nc1OC. The van der Waals surface area contributed by atoms with Gasteiger partial charge in [0, 0.05) is 5.39 Å². The first-order chi connectivity index (χ1) is 15.7. The van der Waals surface area contributed by atoms with Gasteiger partial charge in [-0.3, -0.25) is 0 Å². The van der Waals surface area contributed by atoms with E-state index in [9.17, 15) is 4.79 Å². The van der Waals surface area contributed by atoms with Crippen LogP contribution < -0.4 is 4.74 Å². The number of esters is 1. The number of aromatic nitrogens is 4. The molecule has 1 aliphatic carbocycles. The van der Waals surface area contributed by atoms with Gasteiger partial charge >= 0.3 is 5.97 Å². The molecule has 1 aliphatic rings. The Morgan fingerprint density at radius 1 is 1.16 bits per heavy atom. The van der Waals surface area contributed by atoms with Crippen molar-refractivity contribution < 1.29 is 14.3 Å². The van der Waals surface area contributed by atoms with Crippen molar-refractivity contribution in [1.29, 1.82) is 0 Å². The van der Waals surface area contributed by atoms with Gasteiger partial charge in [-0.2, -0.15) is 0 Å². The molecule has 2 heterocycles. The van der Waals surface area contributed by atoms with E-state index in [0.717, 1.165) is 35.0 Å². The number of ether oxygens (including phenoxy) is 2. The lowest BCUT2D eigenvalue weighted by Gasteiger charge is -2.28. The summed E-state index contributed by atoms with van der Waals surface area (Å²) in [7, 11) is 1.51. The van der Waals surface area contributed by atoms with Crippen LogP contribution in [0.1, 0.15) is 48.0 Å². The van der Waals surface area contributed by atoms with Crippen molar-refractivity contribution in [1.82, 2.24) is 19.7 Å². The second-order valence-electron chi connectivity index (χ2n) is 7.84. The lowest BCUT2D eigenvalue weighted by Crippen LogP contribution is -2.12. The first-order valence-electron chi connectivity index (χ1n) is 10.9. The second-order valence-corrected chi connectivity index (χ2v) is 7.84. The number of carbonyl (C=O) groups excluding carboxylic acids is 1. The highest BCUT2D eigenvalue weighted by molar-refractivity contribution is 6.00. The number of fused-ring (bicyclic) bond motifs is 1. The van der Waals surface area contributed by atoms with E-state index in [2.05, 4.69) is 11.1 Å². The van der Waals surface area contributed by atoms with Crippen LogP contribution in [0.4, 0.5) is 0 Å². The van der Waals surface area contributed by atoms with Crippen LogP contribution in [0, 0.1) is 0 Å². The molecule has 2 aromatic heterocycles. The summed E-state index contributed by atoms with van der Waals surface area (Å²) >= 11 is 0. The van der Waals surface area contributed by atoms with Crippen LogP contribution in [0.2, 0.25) is 0 Å². The van der Waals surface area contributed by atoms with Gasteiger partial charge in [-0.25, -0.2) is 19.4 Å². The summed E-state index contributed by atoms with van der Waals surface area (Å²) in [5, 5.41) is 5.60. The van der Waals surface area contributed by atoms with Crippen LogP contribution in [-0.2, 0) is 4.74 Å². The molecule has 7 nitrogen and oxygen atoms in total. The van der Waals surface area contributed by atoms with Crippen LogP contribution >= 0.6 is 0 Å². The Bertz CT molecular complexity index is 1280. The topological polar surface area (TPSA) is 79.1 Å². The van der Waals surface area contributed by atoms with Gasteiger partial charge in [0.25, 0.3) is 0 Å². The average Bonchev–Trinajstić information content (AvgIpc) is 3.27. The molecule has 0 amide bonds. The standard InChI is InChI=1S/C25H24N4O3/c1-3-32-25(30)20-14-17-12-13-19(16-8-7-9-16)21(22(17)27-24(20)31-2)23-26-15-29(28-23)18-10-5-4-6-11-18/h4-6,10-16H,3,7-9H2,1-2H3. The fraction of sp³-hybridized carbons (Fsp3) is 0.280. The van der Waals surface area contributed by atoms with E-state index < -0.39 is 5.97 Å². The van der Waals surface area contributed by atoms with Gasteiger partial charge in [0.2, 0.25) is 5.88 Å². The molecule has 1 fully saturated rings. The number of hydrogen-bond acceptors (Lipinski definition) is 6. The van der Waals surface area contributed by atoms with Crippen molar-refractivity contribution in [2.45, 2.75) is 32.1 Å². The van der Waals surface area contributed by atoms with Crippen molar-refractivity contribution in [3.8, 4) is 23.0 Å². The molecule has 2 aromatic carbocycles. The first kappa shape index (κ1) is 20.2. The number of nitrogens with zero attached hydrogens (tertiary/aromatic N) is 4. The van der Waals surface area contributed by atoms with Gasteiger partial charge in [0.05, 0.1) is 30.5 Å². The molecular formula is C25H24N4O3. The quantitative estimate of drug-likeness (QED) is 0.405. The fourth-order valence-corrected chi connectivity index (χ4v) is 4.13. The van der Waals surface area contributed by atoms with Crippen molar-refractivity contribution in [2.75, 3.05) is 13.7 Å². The Kier molecular flexibility index (Phi) is 5.31. The van der Waals surface area contributed by atoms with Crippen LogP contribution in [-0.4, -0.2) is 39.4 Å². The molecule has 162 valence electrons. The predicted octanol–water partition coefficient (Wildman–Crippen LogP) is 4.94. The van der Waals surface area contributed by atoms with E-state index >= 15 is 0 Å². The summed E-state index contributed by atoms with van der Waals surface area (Å²) in [6.07, 6.45) is 5.21. The molecule has 7 heteroatoms. The maximum Gasteiger partial charge on any atom is 0.343 e. The number of benzene rings is 2. The summed E-state index contributed by atoms with van der Waals surface area (Å²) in [6.45, 7) is 2.06. The smallest absolute Gasteiger partial charge is 0.343 e. The van der Waals surface area contributed by atoms with E-state index in [1.165, 1.54) is 19.1 Å². The van der Waals surface area contributed by atoms with Gasteiger partial charge in [0.1, 0.15) is 11.9 Å². The molecule has 32 heavy (non-hydrogen) atoms. The molecule has 0 unspecified atom stereocenters. The van der Waals surface area contributed by atoms with E-state index in [0.29, 0.717) is 17.3 Å². The minimum Gasteiger partial charge on any atom is -0.480 e. The lowest BCUT2D eigenvalue weighted by atomic mass is 9.77. The lowest BCUT2D eigenvalue weighted by molar-refractivity contribution is 0.0522. The highest BCUT2D eigenvalue weighted by atomic mass is 16.5. The summed E-state index contributed by atoms with van der Waals surface area (Å²) in [6, 6.07) is 15.8. The van der Waals surface area contributed by atoms with Gasteiger partial charge in [0.15, 0.2) is 5.82 Å². The van der Waals surface area contributed by atoms with Crippen LogP contribution in [0.25, 0.3) is 28.0 Å². The largest absolute Gasteiger partial charge is 0.480 e. The van der Waals surface area contributed by atoms with Crippen LogP contribution in [0.5, 0.6) is 5.88 Å². The Morgan fingerprint density at radius 3 is 2.66 bits per heavy atom. The van der Waals surface area contributed by atoms with Crippen LogP contribution in [0.3, 0.4) is 0 Å². The third-order valence-electron chi connectivity index (χ3n) is 5.95. The molecule has 0 atom stereocenters. The number of rotatable bonds is 6. The number of methoxy groups -OCH3 is 1. The zero-order chi connectivity index (χ0) is 22.1. The Hall–Kier alpha value is -3.74. The maximum atomic E-state index is 12.4. The molecule has 0 bridgehead atoms. The van der Waals surface area contributed by atoms with Crippen LogP contribution in [0.15, 0.2) is 54.9 Å². The van der Waals surface area contributed by atoms with Gasteiger partial charge in [-0.05, 0) is 49.4 Å². The first-order valence-corrected chi connectivity index (χ1v) is 10.9. The van der Waals surface area contributed by atoms with E-state index in [4.69, 9.17) is 19.6 Å². The van der Waals surface area contributed by atoms with Gasteiger partial charge in [-0.15, -0.1) is 5.10 Å². The Labute approximate surface area is 186 Å². The van der Waals surface area contributed by atoms with Crippen molar-refractivity contribution in [2.24, 2.45) is 0 Å². The number of pyridine rings is 1. The van der Waals surface area contributed by atoms with Crippen molar-refractivity contribution in [3.63, 3.8) is 0 Å². The number of carbonyl (C=O) groups is 1. The molecule has 0 N–H and O–H groups in total. The summed E-state index contributed by atoms with van der Waals surface area (Å²) in [5.74, 6) is 0.857. The summed E-state index contributed by atoms with van der Waals surface area (Å²) < 4.78 is 12.4. The van der Waals surface area contributed by atoms with E-state index in [-0.39, 0.29) is 12.5 Å². The minimum absolute atomic E-state index is 0.241. The zero-order valence-corrected chi connectivity index (χ0v) is 18.1.